The van der Waals surface area contributed by atoms with Crippen LogP contribution in [0.2, 0.25) is 0 Å². The second-order valence-electron chi connectivity index (χ2n) is 6.17. The van der Waals surface area contributed by atoms with Gasteiger partial charge in [0.1, 0.15) is 11.9 Å². The maximum atomic E-state index is 12.5. The van der Waals surface area contributed by atoms with Gasteiger partial charge in [-0.3, -0.25) is 9.59 Å². The Morgan fingerprint density at radius 3 is 2.88 bits per heavy atom. The molecule has 0 aromatic carbocycles. The second-order valence-corrected chi connectivity index (χ2v) is 6.17. The van der Waals surface area contributed by atoms with Crippen molar-refractivity contribution in [2.24, 2.45) is 0 Å². The van der Waals surface area contributed by atoms with Crippen LogP contribution in [-0.4, -0.2) is 60.6 Å². The van der Waals surface area contributed by atoms with Crippen LogP contribution in [0.25, 0.3) is 0 Å². The number of nitrogens with zero attached hydrogens (tertiary/aromatic N) is 3. The Labute approximate surface area is 142 Å². The number of rotatable bonds is 4. The molecule has 7 heteroatoms. The number of anilines is 1. The zero-order valence-corrected chi connectivity index (χ0v) is 14.0. The van der Waals surface area contributed by atoms with E-state index in [1.165, 1.54) is 6.92 Å². The van der Waals surface area contributed by atoms with Crippen molar-refractivity contribution in [3.8, 4) is 0 Å². The first-order chi connectivity index (χ1) is 11.7. The van der Waals surface area contributed by atoms with Gasteiger partial charge in [-0.25, -0.2) is 4.98 Å². The number of aromatic nitrogens is 1. The summed E-state index contributed by atoms with van der Waals surface area (Å²) in [4.78, 5) is 32.4. The fourth-order valence-corrected chi connectivity index (χ4v) is 3.34. The van der Waals surface area contributed by atoms with Gasteiger partial charge in [-0.15, -0.1) is 0 Å². The summed E-state index contributed by atoms with van der Waals surface area (Å²) in [5.41, 5.74) is 0.986. The van der Waals surface area contributed by atoms with E-state index < -0.39 is 0 Å². The second kappa shape index (κ2) is 7.61. The van der Waals surface area contributed by atoms with E-state index in [0.29, 0.717) is 26.3 Å². The van der Waals surface area contributed by atoms with Gasteiger partial charge in [0.15, 0.2) is 0 Å². The summed E-state index contributed by atoms with van der Waals surface area (Å²) in [5, 5.41) is 2.97. The van der Waals surface area contributed by atoms with Crippen molar-refractivity contribution in [3.63, 3.8) is 0 Å². The zero-order valence-electron chi connectivity index (χ0n) is 14.0. The van der Waals surface area contributed by atoms with Crippen molar-refractivity contribution in [1.82, 2.24) is 15.2 Å². The molecule has 1 aromatic heterocycles. The fourth-order valence-electron chi connectivity index (χ4n) is 3.34. The molecule has 0 unspecified atom stereocenters. The van der Waals surface area contributed by atoms with Gasteiger partial charge < -0.3 is 19.9 Å². The van der Waals surface area contributed by atoms with Crippen molar-refractivity contribution in [2.45, 2.75) is 32.4 Å². The lowest BCUT2D eigenvalue weighted by Crippen LogP contribution is -2.45. The molecule has 2 aliphatic rings. The average Bonchev–Trinajstić information content (AvgIpc) is 3.11. The SMILES string of the molecule is CC(=O)N1CCC[C@H]1C(=O)NCc1cccnc1N1CCOCC1. The molecule has 24 heavy (non-hydrogen) atoms. The van der Waals surface area contributed by atoms with E-state index in [1.54, 1.807) is 11.1 Å². The van der Waals surface area contributed by atoms with Crippen LogP contribution in [0.3, 0.4) is 0 Å². The third kappa shape index (κ3) is 3.67. The van der Waals surface area contributed by atoms with Crippen LogP contribution < -0.4 is 10.2 Å². The maximum absolute atomic E-state index is 12.5. The Bertz CT molecular complexity index is 601. The summed E-state index contributed by atoms with van der Waals surface area (Å²) in [6.45, 7) is 5.59. The lowest BCUT2D eigenvalue weighted by atomic mass is 10.2. The Morgan fingerprint density at radius 2 is 2.12 bits per heavy atom. The molecule has 1 N–H and O–H groups in total. The minimum Gasteiger partial charge on any atom is -0.378 e. The van der Waals surface area contributed by atoms with Gasteiger partial charge in [-0.2, -0.15) is 0 Å². The van der Waals surface area contributed by atoms with E-state index in [2.05, 4.69) is 15.2 Å². The van der Waals surface area contributed by atoms with Crippen molar-refractivity contribution >= 4 is 17.6 Å². The largest absolute Gasteiger partial charge is 0.378 e. The predicted octanol–water partition coefficient (Wildman–Crippen LogP) is 0.545. The highest BCUT2D eigenvalue weighted by Gasteiger charge is 2.32. The highest BCUT2D eigenvalue weighted by Crippen LogP contribution is 2.20. The number of nitrogens with one attached hydrogen (secondary N) is 1. The van der Waals surface area contributed by atoms with Gasteiger partial charge in [-0.1, -0.05) is 6.07 Å². The van der Waals surface area contributed by atoms with Crippen LogP contribution in [-0.2, 0) is 20.9 Å². The number of pyridine rings is 1. The van der Waals surface area contributed by atoms with E-state index in [0.717, 1.165) is 37.3 Å². The predicted molar refractivity (Wildman–Crippen MR) is 89.5 cm³/mol. The van der Waals surface area contributed by atoms with Gasteiger partial charge >= 0.3 is 0 Å². The molecule has 0 radical (unpaired) electrons. The molecule has 2 saturated heterocycles. The van der Waals surface area contributed by atoms with Crippen LogP contribution >= 0.6 is 0 Å². The molecule has 1 atom stereocenters. The van der Waals surface area contributed by atoms with Crippen molar-refractivity contribution in [1.29, 1.82) is 0 Å². The van der Waals surface area contributed by atoms with Crippen molar-refractivity contribution in [3.05, 3.63) is 23.9 Å². The lowest BCUT2D eigenvalue weighted by molar-refractivity contribution is -0.136. The van der Waals surface area contributed by atoms with Crippen molar-refractivity contribution < 1.29 is 14.3 Å². The molecule has 2 aliphatic heterocycles. The Hall–Kier alpha value is -2.15. The van der Waals surface area contributed by atoms with E-state index >= 15 is 0 Å². The molecule has 7 nitrogen and oxygen atoms in total. The number of amides is 2. The number of morpholine rings is 1. The normalized spacial score (nSPS) is 21.0. The standard InChI is InChI=1S/C17H24N4O3/c1-13(22)21-7-3-5-15(21)17(23)19-12-14-4-2-6-18-16(14)20-8-10-24-11-9-20/h2,4,6,15H,3,5,7-12H2,1H3,(H,19,23)/t15-/m0/s1. The van der Waals surface area contributed by atoms with Crippen LogP contribution in [0.1, 0.15) is 25.3 Å². The monoisotopic (exact) mass is 332 g/mol. The number of hydrogen-bond donors (Lipinski definition) is 1. The summed E-state index contributed by atoms with van der Waals surface area (Å²) in [5.74, 6) is 0.776. The summed E-state index contributed by atoms with van der Waals surface area (Å²) < 4.78 is 5.38. The van der Waals surface area contributed by atoms with Crippen LogP contribution in [0.4, 0.5) is 5.82 Å². The molecular weight excluding hydrogens is 308 g/mol. The highest BCUT2D eigenvalue weighted by molar-refractivity contribution is 5.87. The quantitative estimate of drug-likeness (QED) is 0.871. The topological polar surface area (TPSA) is 74.8 Å². The lowest BCUT2D eigenvalue weighted by Gasteiger charge is -2.29. The molecule has 0 bridgehead atoms. The number of carbonyl (C=O) groups excluding carboxylic acids is 2. The van der Waals surface area contributed by atoms with Crippen molar-refractivity contribution in [2.75, 3.05) is 37.7 Å². The Morgan fingerprint density at radius 1 is 1.33 bits per heavy atom. The zero-order chi connectivity index (χ0) is 16.9. The molecule has 130 valence electrons. The van der Waals surface area contributed by atoms with E-state index in [9.17, 15) is 9.59 Å². The summed E-state index contributed by atoms with van der Waals surface area (Å²) >= 11 is 0. The third-order valence-corrected chi connectivity index (χ3v) is 4.59. The molecule has 0 spiro atoms. The Balaban J connectivity index is 1.64. The number of ether oxygens (including phenoxy) is 1. The van der Waals surface area contributed by atoms with Crippen LogP contribution in [0.5, 0.6) is 0 Å². The minimum absolute atomic E-state index is 0.0389. The molecule has 0 saturated carbocycles. The Kier molecular flexibility index (Phi) is 5.30. The summed E-state index contributed by atoms with van der Waals surface area (Å²) in [6, 6.07) is 3.52. The van der Waals surface area contributed by atoms with Gasteiger partial charge in [0, 0.05) is 44.9 Å². The minimum atomic E-state index is -0.342. The first-order valence-corrected chi connectivity index (χ1v) is 8.48. The molecule has 0 aliphatic carbocycles. The molecule has 2 fully saturated rings. The van der Waals surface area contributed by atoms with Gasteiger partial charge in [0.2, 0.25) is 11.8 Å². The van der Waals surface area contributed by atoms with E-state index in [1.807, 2.05) is 12.1 Å². The highest BCUT2D eigenvalue weighted by atomic mass is 16.5. The first-order valence-electron chi connectivity index (χ1n) is 8.48. The van der Waals surface area contributed by atoms with Crippen LogP contribution in [0, 0.1) is 0 Å². The smallest absolute Gasteiger partial charge is 0.243 e. The number of carbonyl (C=O) groups is 2. The van der Waals surface area contributed by atoms with E-state index in [-0.39, 0.29) is 17.9 Å². The van der Waals surface area contributed by atoms with E-state index in [4.69, 9.17) is 4.74 Å². The van der Waals surface area contributed by atoms with Gasteiger partial charge in [0.25, 0.3) is 0 Å². The molecule has 2 amide bonds. The summed E-state index contributed by atoms with van der Waals surface area (Å²) in [7, 11) is 0. The molecule has 3 heterocycles. The number of likely N-dealkylation sites (tertiary alicyclic amines) is 1. The van der Waals surface area contributed by atoms with Gasteiger partial charge in [-0.05, 0) is 18.9 Å². The third-order valence-electron chi connectivity index (χ3n) is 4.59. The fraction of sp³-hybridized carbons (Fsp3) is 0.588. The van der Waals surface area contributed by atoms with Crippen LogP contribution in [0.15, 0.2) is 18.3 Å². The molecular formula is C17H24N4O3. The summed E-state index contributed by atoms with van der Waals surface area (Å²) in [6.07, 6.45) is 3.38. The first kappa shape index (κ1) is 16.7. The molecule has 3 rings (SSSR count). The number of hydrogen-bond acceptors (Lipinski definition) is 5. The van der Waals surface area contributed by atoms with Gasteiger partial charge in [0.05, 0.1) is 13.2 Å². The maximum Gasteiger partial charge on any atom is 0.243 e. The molecule has 1 aromatic rings. The average molecular weight is 332 g/mol.